The van der Waals surface area contributed by atoms with Gasteiger partial charge in [-0.1, -0.05) is 141 Å². The third-order valence-electron chi connectivity index (χ3n) is 11.8. The van der Waals surface area contributed by atoms with Crippen molar-refractivity contribution in [3.05, 3.63) is 137 Å². The first kappa shape index (κ1) is 43.8. The molecule has 0 unspecified atom stereocenters. The zero-order valence-corrected chi connectivity index (χ0v) is 39.8. The normalized spacial score (nSPS) is 12.2. The Morgan fingerprint density at radius 1 is 0.705 bits per heavy atom. The molecule has 0 atom stereocenters. The van der Waals surface area contributed by atoms with Crippen LogP contribution in [-0.2, 0) is 32.9 Å². The molecule has 0 bridgehead atoms. The largest absolute Gasteiger partial charge is 0.507 e. The minimum atomic E-state index is -0.173. The van der Waals surface area contributed by atoms with Crippen molar-refractivity contribution in [2.75, 3.05) is 0 Å². The fourth-order valence-electron chi connectivity index (χ4n) is 8.52. The molecule has 1 N–H and O–H groups in total. The molecule has 5 aromatic carbocycles. The van der Waals surface area contributed by atoms with E-state index in [2.05, 4.69) is 154 Å². The molecule has 0 aliphatic rings. The van der Waals surface area contributed by atoms with Gasteiger partial charge in [0.1, 0.15) is 17.1 Å². The summed E-state index contributed by atoms with van der Waals surface area (Å²) in [6.07, 6.45) is 2.92. The van der Waals surface area contributed by atoms with Gasteiger partial charge in [-0.05, 0) is 100 Å². The van der Waals surface area contributed by atoms with Crippen molar-refractivity contribution in [3.63, 3.8) is 0 Å². The van der Waals surface area contributed by atoms with E-state index in [9.17, 15) is 5.11 Å². The number of aromatic hydroxyl groups is 1. The number of oxazole rings is 1. The van der Waals surface area contributed by atoms with Crippen LogP contribution >= 0.6 is 0 Å². The fraction of sp³-hybridized carbons (Fsp3) is 0.309. The Morgan fingerprint density at radius 3 is 2.00 bits per heavy atom. The summed E-state index contributed by atoms with van der Waals surface area (Å²) in [5.41, 5.74) is 16.5. The second-order valence-corrected chi connectivity index (χ2v) is 19.4. The Hall–Kier alpha value is -5.25. The maximum Gasteiger partial charge on any atom is 0.231 e. The summed E-state index contributed by atoms with van der Waals surface area (Å²) in [6, 6.07) is 35.9. The maximum atomic E-state index is 11.5. The standard InChI is InChI=1S/C55H57N2O3.Pt/c1-31(2)41-14-13-15-42(32(3)4)49(41)44-21-20-43(51-52(44)60-53(57-51)50-46(58)22-23-47-48(50)33(5)34(6)59-47)38-26-39(28-40(27-38)55(10,11)12)45-29-37(24-25-56-45)36-18-16-35(17-19-36)30-54(7,8)9;/h13-25,27-29,31-32,58H,30H2,1-12H3;/q-1;. The van der Waals surface area contributed by atoms with Crippen LogP contribution in [0, 0.1) is 25.3 Å². The first-order chi connectivity index (χ1) is 28.4. The number of nitrogens with zero attached hydrogens (tertiary/aromatic N) is 2. The van der Waals surface area contributed by atoms with Gasteiger partial charge in [-0.25, -0.2) is 4.98 Å². The molecule has 0 radical (unpaired) electrons. The first-order valence-corrected chi connectivity index (χ1v) is 21.3. The van der Waals surface area contributed by atoms with Crippen LogP contribution in [0.2, 0.25) is 0 Å². The van der Waals surface area contributed by atoms with E-state index >= 15 is 0 Å². The molecule has 0 spiro atoms. The van der Waals surface area contributed by atoms with Crippen LogP contribution in [0.1, 0.15) is 115 Å². The molecule has 0 saturated heterocycles. The Bertz CT molecular complexity index is 2870. The zero-order valence-electron chi connectivity index (χ0n) is 37.6. The number of furan rings is 1. The van der Waals surface area contributed by atoms with E-state index in [0.29, 0.717) is 28.1 Å². The molecule has 61 heavy (non-hydrogen) atoms. The number of aryl methyl sites for hydroxylation is 2. The molecule has 0 aliphatic heterocycles. The molecule has 0 aliphatic carbocycles. The van der Waals surface area contributed by atoms with Crippen LogP contribution in [0.3, 0.4) is 0 Å². The summed E-state index contributed by atoms with van der Waals surface area (Å²) in [5.74, 6) is 1.76. The Kier molecular flexibility index (Phi) is 11.9. The van der Waals surface area contributed by atoms with E-state index in [1.165, 1.54) is 22.3 Å². The molecule has 5 nitrogen and oxygen atoms in total. The predicted molar refractivity (Wildman–Crippen MR) is 249 cm³/mol. The molecule has 8 rings (SSSR count). The number of phenols is 1. The zero-order chi connectivity index (χ0) is 42.8. The maximum absolute atomic E-state index is 11.5. The van der Waals surface area contributed by atoms with E-state index in [4.69, 9.17) is 18.8 Å². The molecular formula is C55H57N2O3Pt-. The van der Waals surface area contributed by atoms with Crippen molar-refractivity contribution in [3.8, 4) is 61.8 Å². The quantitative estimate of drug-likeness (QED) is 0.154. The van der Waals surface area contributed by atoms with Crippen molar-refractivity contribution in [1.29, 1.82) is 0 Å². The van der Waals surface area contributed by atoms with Crippen LogP contribution in [-0.4, -0.2) is 15.1 Å². The summed E-state index contributed by atoms with van der Waals surface area (Å²) >= 11 is 0. The average Bonchev–Trinajstić information content (AvgIpc) is 3.76. The smallest absolute Gasteiger partial charge is 0.231 e. The average molecular weight is 989 g/mol. The number of aromatic nitrogens is 2. The summed E-state index contributed by atoms with van der Waals surface area (Å²) < 4.78 is 13.1. The van der Waals surface area contributed by atoms with Gasteiger partial charge < -0.3 is 13.9 Å². The molecule has 0 fully saturated rings. The van der Waals surface area contributed by atoms with E-state index in [-0.39, 0.29) is 49.5 Å². The van der Waals surface area contributed by atoms with E-state index in [1.807, 2.05) is 20.0 Å². The molecule has 3 aromatic heterocycles. The van der Waals surface area contributed by atoms with Crippen molar-refractivity contribution in [2.24, 2.45) is 5.41 Å². The van der Waals surface area contributed by atoms with Gasteiger partial charge in [0.2, 0.25) is 5.89 Å². The van der Waals surface area contributed by atoms with Gasteiger partial charge >= 0.3 is 0 Å². The minimum Gasteiger partial charge on any atom is -0.507 e. The molecule has 3 heterocycles. The summed E-state index contributed by atoms with van der Waals surface area (Å²) in [6.45, 7) is 26.4. The number of benzene rings is 5. The molecule has 316 valence electrons. The summed E-state index contributed by atoms with van der Waals surface area (Å²) in [4.78, 5) is 10.2. The second-order valence-electron chi connectivity index (χ2n) is 19.4. The molecular weight excluding hydrogens is 932 g/mol. The van der Waals surface area contributed by atoms with Crippen molar-refractivity contribution < 1.29 is 35.0 Å². The van der Waals surface area contributed by atoms with Gasteiger partial charge in [-0.15, -0.1) is 29.3 Å². The van der Waals surface area contributed by atoms with Crippen LogP contribution in [0.15, 0.2) is 106 Å². The molecule has 8 aromatic rings. The van der Waals surface area contributed by atoms with Crippen LogP contribution in [0.4, 0.5) is 0 Å². The van der Waals surface area contributed by atoms with Crippen LogP contribution in [0.25, 0.3) is 78.2 Å². The molecule has 6 heteroatoms. The summed E-state index contributed by atoms with van der Waals surface area (Å²) in [5, 5.41) is 12.3. The number of phenolic OH excluding ortho intramolecular Hbond substituents is 1. The number of hydrogen-bond acceptors (Lipinski definition) is 5. The third kappa shape index (κ3) is 8.52. The number of pyridine rings is 1. The molecule has 0 amide bonds. The summed E-state index contributed by atoms with van der Waals surface area (Å²) in [7, 11) is 0. The van der Waals surface area contributed by atoms with Crippen molar-refractivity contribution in [2.45, 2.75) is 107 Å². The van der Waals surface area contributed by atoms with Gasteiger partial charge in [-0.3, -0.25) is 4.98 Å². The van der Waals surface area contributed by atoms with Gasteiger partial charge in [0.05, 0.1) is 11.1 Å². The number of hydrogen-bond donors (Lipinski definition) is 1. The van der Waals surface area contributed by atoms with E-state index in [1.54, 1.807) is 12.1 Å². The Labute approximate surface area is 375 Å². The minimum absolute atomic E-state index is 0. The predicted octanol–water partition coefficient (Wildman–Crippen LogP) is 15.6. The Balaban J connectivity index is 0.00000561. The number of rotatable bonds is 8. The van der Waals surface area contributed by atoms with E-state index in [0.717, 1.165) is 67.8 Å². The van der Waals surface area contributed by atoms with Crippen LogP contribution < -0.4 is 0 Å². The van der Waals surface area contributed by atoms with Gasteiger partial charge in [0, 0.05) is 43.9 Å². The van der Waals surface area contributed by atoms with Crippen LogP contribution in [0.5, 0.6) is 5.75 Å². The first-order valence-electron chi connectivity index (χ1n) is 21.3. The topological polar surface area (TPSA) is 72.3 Å². The number of fused-ring (bicyclic) bond motifs is 2. The SMILES string of the molecule is Cc1oc2ccc(O)c(-c3nc4c(-c5[c-]c(-c6cc(-c7ccc(CC(C)(C)C)cc7)ccn6)cc(C(C)(C)C)c5)ccc(-c5c(C(C)C)cccc5C(C)C)c4o3)c2c1C.[Pt]. The van der Waals surface area contributed by atoms with Gasteiger partial charge in [0.25, 0.3) is 0 Å². The molecule has 0 saturated carbocycles. The van der Waals surface area contributed by atoms with Crippen molar-refractivity contribution in [1.82, 2.24) is 9.97 Å². The fourth-order valence-corrected chi connectivity index (χ4v) is 8.52. The van der Waals surface area contributed by atoms with Crippen molar-refractivity contribution >= 4 is 22.1 Å². The monoisotopic (exact) mass is 988 g/mol. The Morgan fingerprint density at radius 2 is 1.36 bits per heavy atom. The van der Waals surface area contributed by atoms with Gasteiger partial charge in [0.15, 0.2) is 5.58 Å². The second kappa shape index (κ2) is 16.6. The van der Waals surface area contributed by atoms with E-state index < -0.39 is 0 Å². The van der Waals surface area contributed by atoms with Gasteiger partial charge in [-0.2, -0.15) is 0 Å². The third-order valence-corrected chi connectivity index (χ3v) is 11.8.